The van der Waals surface area contributed by atoms with Crippen LogP contribution >= 0.6 is 0 Å². The van der Waals surface area contributed by atoms with Gasteiger partial charge in [0.1, 0.15) is 12.0 Å². The Balaban J connectivity index is 2.17. The second-order valence-corrected chi connectivity index (χ2v) is 6.72. The van der Waals surface area contributed by atoms with Crippen molar-refractivity contribution in [2.75, 3.05) is 0 Å². The van der Waals surface area contributed by atoms with E-state index in [-0.39, 0.29) is 28.5 Å². The molecule has 11 heteroatoms. The van der Waals surface area contributed by atoms with Gasteiger partial charge in [-0.25, -0.2) is 14.4 Å². The third kappa shape index (κ3) is 3.80. The maximum Gasteiger partial charge on any atom is 0.451 e. The molecule has 0 N–H and O–H groups in total. The summed E-state index contributed by atoms with van der Waals surface area (Å²) in [4.78, 5) is 22.1. The van der Waals surface area contributed by atoms with Crippen LogP contribution in [0.4, 0.5) is 23.4 Å². The van der Waals surface area contributed by atoms with Gasteiger partial charge in [-0.05, 0) is 34.8 Å². The minimum absolute atomic E-state index is 0.0609. The summed E-state index contributed by atoms with van der Waals surface area (Å²) in [5, 5.41) is 11.6. The lowest BCUT2D eigenvalue weighted by Gasteiger charge is -2.16. The van der Waals surface area contributed by atoms with E-state index in [4.69, 9.17) is 0 Å². The zero-order chi connectivity index (χ0) is 23.0. The number of imidazole rings is 1. The molecule has 0 aliphatic rings. The summed E-state index contributed by atoms with van der Waals surface area (Å²) in [5.74, 6) is -2.93. The first-order valence-electron chi connectivity index (χ1n) is 9.16. The van der Waals surface area contributed by atoms with Gasteiger partial charge in [0.05, 0.1) is 11.3 Å². The van der Waals surface area contributed by atoms with E-state index in [0.717, 1.165) is 22.9 Å². The molecule has 0 aliphatic heterocycles. The van der Waals surface area contributed by atoms with Crippen LogP contribution in [0.5, 0.6) is 0 Å². The highest BCUT2D eigenvalue weighted by atomic mass is 19.4. The summed E-state index contributed by atoms with van der Waals surface area (Å²) < 4.78 is 55.6. The quantitative estimate of drug-likeness (QED) is 0.240. The van der Waals surface area contributed by atoms with E-state index < -0.39 is 28.6 Å². The van der Waals surface area contributed by atoms with E-state index >= 15 is 0 Å². The first-order valence-corrected chi connectivity index (χ1v) is 9.16. The maximum absolute atomic E-state index is 13.7. The third-order valence-corrected chi connectivity index (χ3v) is 4.64. The number of halogens is 4. The van der Waals surface area contributed by atoms with E-state index in [9.17, 15) is 27.7 Å². The zero-order valence-electron chi connectivity index (χ0n) is 16.3. The van der Waals surface area contributed by atoms with Crippen LogP contribution in [0.3, 0.4) is 0 Å². The van der Waals surface area contributed by atoms with Crippen LogP contribution in [0.15, 0.2) is 60.8 Å². The number of hydrogen-bond donors (Lipinski definition) is 0. The standard InChI is InChI=1S/C21H13F4N5O2/c1-12-26-11-16(30(31)32)29(12)19-17(13-5-3-2-4-6-13)18(14-7-9-15(22)10-8-14)27-20(28-19)21(23,24)25/h2-11H,1H3. The molecule has 0 saturated heterocycles. The summed E-state index contributed by atoms with van der Waals surface area (Å²) in [6, 6.07) is 13.0. The van der Waals surface area contributed by atoms with Crippen molar-refractivity contribution in [1.29, 1.82) is 0 Å². The Bertz CT molecular complexity index is 1300. The number of aromatic nitrogens is 4. The van der Waals surface area contributed by atoms with E-state index in [1.807, 2.05) is 0 Å². The van der Waals surface area contributed by atoms with Crippen LogP contribution in [0.25, 0.3) is 28.2 Å². The van der Waals surface area contributed by atoms with Crippen LogP contribution in [0.1, 0.15) is 11.6 Å². The van der Waals surface area contributed by atoms with E-state index in [1.165, 1.54) is 19.1 Å². The predicted molar refractivity (Wildman–Crippen MR) is 106 cm³/mol. The summed E-state index contributed by atoms with van der Waals surface area (Å²) in [6.07, 6.45) is -4.00. The van der Waals surface area contributed by atoms with E-state index in [0.29, 0.717) is 5.56 Å². The van der Waals surface area contributed by atoms with E-state index in [1.54, 1.807) is 30.3 Å². The normalized spacial score (nSPS) is 11.5. The average molecular weight is 443 g/mol. The van der Waals surface area contributed by atoms with Gasteiger partial charge in [0.2, 0.25) is 11.6 Å². The molecular formula is C21H13F4N5O2. The van der Waals surface area contributed by atoms with Crippen molar-refractivity contribution in [1.82, 2.24) is 19.5 Å². The molecule has 32 heavy (non-hydrogen) atoms. The summed E-state index contributed by atoms with van der Waals surface area (Å²) in [5.41, 5.74) is 0.545. The first kappa shape index (κ1) is 21.1. The summed E-state index contributed by atoms with van der Waals surface area (Å²) >= 11 is 0. The molecule has 0 amide bonds. The Morgan fingerprint density at radius 2 is 1.62 bits per heavy atom. The number of nitro groups is 1. The highest BCUT2D eigenvalue weighted by Crippen LogP contribution is 2.39. The molecule has 4 rings (SSSR count). The average Bonchev–Trinajstić information content (AvgIpc) is 3.15. The number of alkyl halides is 3. The van der Waals surface area contributed by atoms with Crippen LogP contribution in [0, 0.1) is 22.9 Å². The molecule has 0 atom stereocenters. The van der Waals surface area contributed by atoms with Crippen LogP contribution in [-0.4, -0.2) is 24.4 Å². The molecule has 7 nitrogen and oxygen atoms in total. The van der Waals surface area contributed by atoms with Crippen molar-refractivity contribution < 1.29 is 22.5 Å². The zero-order valence-corrected chi connectivity index (χ0v) is 16.3. The molecule has 0 aliphatic carbocycles. The first-order chi connectivity index (χ1) is 15.2. The molecule has 0 fully saturated rings. The Kier molecular flexibility index (Phi) is 5.17. The predicted octanol–water partition coefficient (Wildman–Crippen LogP) is 5.37. The summed E-state index contributed by atoms with van der Waals surface area (Å²) in [6.45, 7) is 1.41. The number of hydrogen-bond acceptors (Lipinski definition) is 5. The fourth-order valence-corrected chi connectivity index (χ4v) is 3.25. The number of rotatable bonds is 4. The van der Waals surface area contributed by atoms with Gasteiger partial charge in [0.25, 0.3) is 0 Å². The fraction of sp³-hybridized carbons (Fsp3) is 0.0952. The lowest BCUT2D eigenvalue weighted by molar-refractivity contribution is -0.391. The molecular weight excluding hydrogens is 430 g/mol. The Labute approximate surface area is 178 Å². The Morgan fingerprint density at radius 1 is 0.969 bits per heavy atom. The second-order valence-electron chi connectivity index (χ2n) is 6.72. The van der Waals surface area contributed by atoms with Gasteiger partial charge in [-0.2, -0.15) is 22.7 Å². The van der Waals surface area contributed by atoms with Gasteiger partial charge >= 0.3 is 12.0 Å². The van der Waals surface area contributed by atoms with Crippen LogP contribution in [-0.2, 0) is 6.18 Å². The molecule has 2 aromatic heterocycles. The van der Waals surface area contributed by atoms with Crippen molar-refractivity contribution in [3.63, 3.8) is 0 Å². The maximum atomic E-state index is 13.7. The Hall–Kier alpha value is -4.15. The Morgan fingerprint density at radius 3 is 2.22 bits per heavy atom. The second kappa shape index (κ2) is 7.84. The highest BCUT2D eigenvalue weighted by molar-refractivity contribution is 5.86. The van der Waals surface area contributed by atoms with Crippen LogP contribution in [0.2, 0.25) is 0 Å². The van der Waals surface area contributed by atoms with Gasteiger partial charge < -0.3 is 10.1 Å². The van der Waals surface area contributed by atoms with Gasteiger partial charge in [0, 0.05) is 12.5 Å². The molecule has 0 saturated carbocycles. The third-order valence-electron chi connectivity index (χ3n) is 4.64. The molecule has 4 aromatic rings. The van der Waals surface area contributed by atoms with Gasteiger partial charge in [-0.3, -0.25) is 0 Å². The molecule has 162 valence electrons. The number of aryl methyl sites for hydroxylation is 1. The van der Waals surface area contributed by atoms with Crippen molar-refractivity contribution in [2.24, 2.45) is 0 Å². The SMILES string of the molecule is Cc1ncc([N+](=O)[O-])n1-c1nc(C(F)(F)F)nc(-c2ccc(F)cc2)c1-c1ccccc1. The monoisotopic (exact) mass is 443 g/mol. The highest BCUT2D eigenvalue weighted by Gasteiger charge is 2.39. The van der Waals surface area contributed by atoms with Gasteiger partial charge in [-0.1, -0.05) is 30.3 Å². The minimum Gasteiger partial charge on any atom is -0.358 e. The molecule has 2 heterocycles. The fourth-order valence-electron chi connectivity index (χ4n) is 3.25. The molecule has 0 bridgehead atoms. The van der Waals surface area contributed by atoms with Gasteiger partial charge in [-0.15, -0.1) is 0 Å². The lowest BCUT2D eigenvalue weighted by atomic mass is 9.99. The van der Waals surface area contributed by atoms with Crippen molar-refractivity contribution in [3.05, 3.63) is 88.4 Å². The molecule has 0 spiro atoms. The minimum atomic E-state index is -4.94. The van der Waals surface area contributed by atoms with Crippen LogP contribution < -0.4 is 0 Å². The molecule has 2 aromatic carbocycles. The molecule has 0 radical (unpaired) electrons. The topological polar surface area (TPSA) is 86.7 Å². The van der Waals surface area contributed by atoms with Gasteiger partial charge in [0.15, 0.2) is 5.82 Å². The number of nitrogens with zero attached hydrogens (tertiary/aromatic N) is 5. The van der Waals surface area contributed by atoms with Crippen molar-refractivity contribution in [3.8, 4) is 28.2 Å². The van der Waals surface area contributed by atoms with E-state index in [2.05, 4.69) is 15.0 Å². The van der Waals surface area contributed by atoms with Crippen molar-refractivity contribution >= 4 is 5.82 Å². The van der Waals surface area contributed by atoms with Crippen molar-refractivity contribution in [2.45, 2.75) is 13.1 Å². The molecule has 0 unspecified atom stereocenters. The largest absolute Gasteiger partial charge is 0.451 e. The smallest absolute Gasteiger partial charge is 0.358 e. The lowest BCUT2D eigenvalue weighted by Crippen LogP contribution is -2.17. The number of benzene rings is 2. The summed E-state index contributed by atoms with van der Waals surface area (Å²) in [7, 11) is 0.